The van der Waals surface area contributed by atoms with E-state index in [1.54, 1.807) is 0 Å². The summed E-state index contributed by atoms with van der Waals surface area (Å²) in [5.74, 6) is 0. The molecule has 10 aromatic carbocycles. The molecule has 0 saturated heterocycles. The van der Waals surface area contributed by atoms with Crippen LogP contribution in [-0.2, 0) is 5.41 Å². The average Bonchev–Trinajstić information content (AvgIpc) is 4.00. The minimum Gasteiger partial charge on any atom is -0.455 e. The summed E-state index contributed by atoms with van der Waals surface area (Å²) in [6.07, 6.45) is 0. The number of rotatable bonds is 6. The van der Waals surface area contributed by atoms with Crippen LogP contribution < -0.4 is 0 Å². The Morgan fingerprint density at radius 1 is 0.333 bits per heavy atom. The molecule has 0 atom stereocenters. The summed E-state index contributed by atoms with van der Waals surface area (Å²) in [6.45, 7) is 0. The zero-order valence-electron chi connectivity index (χ0n) is 38.9. The van der Waals surface area contributed by atoms with E-state index in [1.807, 2.05) is 6.07 Å². The number of para-hydroxylation sites is 2. The Kier molecular flexibility index (Phi) is 8.84. The number of pyridine rings is 3. The van der Waals surface area contributed by atoms with Gasteiger partial charge in [0.1, 0.15) is 11.2 Å². The van der Waals surface area contributed by atoms with Crippen LogP contribution in [0.4, 0.5) is 0 Å². The van der Waals surface area contributed by atoms with Crippen LogP contribution in [0.25, 0.3) is 121 Å². The predicted octanol–water partition coefficient (Wildman–Crippen LogP) is 17.4. The van der Waals surface area contributed by atoms with E-state index in [0.29, 0.717) is 0 Å². The fourth-order valence-electron chi connectivity index (χ4n) is 11.9. The molecule has 14 aromatic rings. The maximum absolute atomic E-state index is 6.97. The number of furan rings is 1. The second-order valence-corrected chi connectivity index (χ2v) is 19.0. The lowest BCUT2D eigenvalue weighted by Gasteiger charge is -2.34. The summed E-state index contributed by atoms with van der Waals surface area (Å²) in [4.78, 5) is 16.1. The lowest BCUT2D eigenvalue weighted by atomic mass is 9.67. The summed E-state index contributed by atoms with van der Waals surface area (Å²) in [7, 11) is 0. The molecule has 15 rings (SSSR count). The predicted molar refractivity (Wildman–Crippen MR) is 296 cm³/mol. The minimum absolute atomic E-state index is 0.549. The van der Waals surface area contributed by atoms with Crippen molar-refractivity contribution in [2.75, 3.05) is 0 Å². The summed E-state index contributed by atoms with van der Waals surface area (Å²) in [6, 6.07) is 89.2. The van der Waals surface area contributed by atoms with Crippen molar-refractivity contribution >= 4 is 65.4 Å². The third kappa shape index (κ3) is 5.96. The topological polar surface area (TPSA) is 51.8 Å². The van der Waals surface area contributed by atoms with Gasteiger partial charge in [-0.15, -0.1) is 0 Å². The first-order chi connectivity index (χ1) is 35.7. The molecular weight excluding hydrogens is 875 g/mol. The van der Waals surface area contributed by atoms with Crippen LogP contribution in [0.2, 0.25) is 0 Å². The van der Waals surface area contributed by atoms with Crippen molar-refractivity contribution in [3.63, 3.8) is 0 Å². The van der Waals surface area contributed by atoms with Crippen molar-refractivity contribution in [3.05, 3.63) is 271 Å². The van der Waals surface area contributed by atoms with Gasteiger partial charge in [0.2, 0.25) is 0 Å². The number of hydrogen-bond acceptors (Lipinski definition) is 4. The normalized spacial score (nSPS) is 12.8. The molecular formula is C68H41N3O. The van der Waals surface area contributed by atoms with Crippen LogP contribution in [0.3, 0.4) is 0 Å². The summed E-state index contributed by atoms with van der Waals surface area (Å²) >= 11 is 0. The van der Waals surface area contributed by atoms with Gasteiger partial charge in [-0.1, -0.05) is 212 Å². The number of nitrogens with zero attached hydrogens (tertiary/aromatic N) is 3. The SMILES string of the molecule is c1ccc(-c2ccc3ccc4ccc(-c5ccc(-c6cc7c(-c8ccc9c(c8)C(c8ccccc8)(c8ccccc8)c8ccccc8-9)nc8ccccc8c7c7c6oc6ccccc67)cc5)nc4c3n2)cc1. The highest BCUT2D eigenvalue weighted by atomic mass is 16.3. The molecule has 0 bridgehead atoms. The molecule has 72 heavy (non-hydrogen) atoms. The van der Waals surface area contributed by atoms with E-state index in [9.17, 15) is 0 Å². The van der Waals surface area contributed by atoms with Gasteiger partial charge in [-0.05, 0) is 75.3 Å². The maximum Gasteiger partial charge on any atom is 0.143 e. The highest BCUT2D eigenvalue weighted by Crippen LogP contribution is 2.57. The smallest absolute Gasteiger partial charge is 0.143 e. The van der Waals surface area contributed by atoms with Crippen molar-refractivity contribution in [3.8, 4) is 56.0 Å². The quantitative estimate of drug-likeness (QED) is 0.156. The molecule has 0 N–H and O–H groups in total. The minimum atomic E-state index is -0.549. The van der Waals surface area contributed by atoms with Crippen LogP contribution in [0.1, 0.15) is 22.3 Å². The fourth-order valence-corrected chi connectivity index (χ4v) is 11.9. The summed E-state index contributed by atoms with van der Waals surface area (Å²) in [5.41, 5.74) is 19.3. The lowest BCUT2D eigenvalue weighted by Crippen LogP contribution is -2.28. The molecule has 4 aromatic heterocycles. The van der Waals surface area contributed by atoms with Crippen LogP contribution in [0.5, 0.6) is 0 Å². The molecule has 1 aliphatic rings. The summed E-state index contributed by atoms with van der Waals surface area (Å²) in [5, 5.41) is 7.57. The van der Waals surface area contributed by atoms with Gasteiger partial charge >= 0.3 is 0 Å². The highest BCUT2D eigenvalue weighted by molar-refractivity contribution is 6.30. The molecule has 334 valence electrons. The van der Waals surface area contributed by atoms with Crippen molar-refractivity contribution < 1.29 is 4.42 Å². The molecule has 0 unspecified atom stereocenters. The Balaban J connectivity index is 0.944. The van der Waals surface area contributed by atoms with Gasteiger partial charge in [0.05, 0.1) is 39.0 Å². The van der Waals surface area contributed by atoms with E-state index >= 15 is 0 Å². The number of hydrogen-bond donors (Lipinski definition) is 0. The summed E-state index contributed by atoms with van der Waals surface area (Å²) < 4.78 is 6.97. The van der Waals surface area contributed by atoms with Crippen LogP contribution in [-0.4, -0.2) is 15.0 Å². The van der Waals surface area contributed by atoms with E-state index in [0.717, 1.165) is 110 Å². The third-order valence-corrected chi connectivity index (χ3v) is 15.1. The van der Waals surface area contributed by atoms with E-state index in [1.165, 1.54) is 33.4 Å². The Bertz CT molecular complexity index is 4450. The standard InChI is InChI=1S/C68H41N3O/c1-4-16-43(17-5-1)58-38-35-45-32-33-46-36-39-59(70-66(46)65(45)69-58)44-30-28-42(29-31-44)54-41-55-62(63-53-24-12-15-27-61(53)72-67(54)63)52-23-11-14-26-60(52)71-64(55)47-34-37-51-50-22-10-13-25-56(50)68(57(51)40-47,48-18-6-2-7-19-48)49-20-8-3-9-21-49/h1-41H. The second-order valence-electron chi connectivity index (χ2n) is 19.0. The molecule has 1 aliphatic carbocycles. The van der Waals surface area contributed by atoms with Crippen LogP contribution >= 0.6 is 0 Å². The van der Waals surface area contributed by atoms with Crippen molar-refractivity contribution in [1.82, 2.24) is 15.0 Å². The molecule has 0 saturated carbocycles. The van der Waals surface area contributed by atoms with Gasteiger partial charge < -0.3 is 4.42 Å². The molecule has 0 aliphatic heterocycles. The van der Waals surface area contributed by atoms with Crippen LogP contribution in [0.15, 0.2) is 253 Å². The molecule has 0 amide bonds. The maximum atomic E-state index is 6.97. The second kappa shape index (κ2) is 15.8. The molecule has 0 spiro atoms. The zero-order chi connectivity index (χ0) is 47.3. The van der Waals surface area contributed by atoms with Crippen molar-refractivity contribution in [2.45, 2.75) is 5.41 Å². The Morgan fingerprint density at radius 2 is 0.875 bits per heavy atom. The van der Waals surface area contributed by atoms with E-state index in [-0.39, 0.29) is 0 Å². The zero-order valence-corrected chi connectivity index (χ0v) is 38.9. The van der Waals surface area contributed by atoms with Gasteiger partial charge in [0, 0.05) is 60.0 Å². The third-order valence-electron chi connectivity index (χ3n) is 15.1. The Labute approximate surface area is 415 Å². The van der Waals surface area contributed by atoms with Gasteiger partial charge in [-0.25, -0.2) is 15.0 Å². The Morgan fingerprint density at radius 3 is 1.58 bits per heavy atom. The van der Waals surface area contributed by atoms with Gasteiger partial charge in [-0.3, -0.25) is 0 Å². The van der Waals surface area contributed by atoms with E-state index in [4.69, 9.17) is 19.4 Å². The first-order valence-corrected chi connectivity index (χ1v) is 24.6. The number of fused-ring (bicyclic) bond motifs is 13. The highest BCUT2D eigenvalue weighted by Gasteiger charge is 2.46. The number of benzene rings is 10. The van der Waals surface area contributed by atoms with Gasteiger partial charge in [0.25, 0.3) is 0 Å². The monoisotopic (exact) mass is 915 g/mol. The van der Waals surface area contributed by atoms with Gasteiger partial charge in [0.15, 0.2) is 0 Å². The van der Waals surface area contributed by atoms with Gasteiger partial charge in [-0.2, -0.15) is 0 Å². The molecule has 4 heteroatoms. The van der Waals surface area contributed by atoms with E-state index in [2.05, 4.69) is 243 Å². The first kappa shape index (κ1) is 40.4. The first-order valence-electron chi connectivity index (χ1n) is 24.6. The van der Waals surface area contributed by atoms with Crippen molar-refractivity contribution in [2.24, 2.45) is 0 Å². The molecule has 4 heterocycles. The number of aromatic nitrogens is 3. The lowest BCUT2D eigenvalue weighted by molar-refractivity contribution is 0.670. The largest absolute Gasteiger partial charge is 0.455 e. The average molecular weight is 916 g/mol. The molecule has 0 fully saturated rings. The Hall–Kier alpha value is -9.51. The van der Waals surface area contributed by atoms with Crippen LogP contribution in [0, 0.1) is 0 Å². The fraction of sp³-hybridized carbons (Fsp3) is 0.0147. The van der Waals surface area contributed by atoms with E-state index < -0.39 is 5.41 Å². The van der Waals surface area contributed by atoms with Crippen molar-refractivity contribution in [1.29, 1.82) is 0 Å². The molecule has 4 nitrogen and oxygen atoms in total. The molecule has 0 radical (unpaired) electrons.